The predicted octanol–water partition coefficient (Wildman–Crippen LogP) is 2.30. The summed E-state index contributed by atoms with van der Waals surface area (Å²) in [6.07, 6.45) is 3.92. The number of hydrogen-bond donors (Lipinski definition) is 3. The number of hydrazine groups is 1. The van der Waals surface area contributed by atoms with Crippen molar-refractivity contribution >= 4 is 28.9 Å². The summed E-state index contributed by atoms with van der Waals surface area (Å²) >= 11 is 5.15. The number of anilines is 1. The van der Waals surface area contributed by atoms with Gasteiger partial charge < -0.3 is 10.2 Å². The summed E-state index contributed by atoms with van der Waals surface area (Å²) in [6, 6.07) is 8.17. The lowest BCUT2D eigenvalue weighted by Gasteiger charge is -2.13. The molecule has 0 aliphatic carbocycles. The van der Waals surface area contributed by atoms with Crippen molar-refractivity contribution in [2.75, 3.05) is 26.0 Å². The summed E-state index contributed by atoms with van der Waals surface area (Å²) in [5.41, 5.74) is 7.51. The minimum absolute atomic E-state index is 0.0900. The molecule has 3 N–H and O–H groups in total. The summed E-state index contributed by atoms with van der Waals surface area (Å²) in [5.74, 6) is -0.0900. The fourth-order valence-electron chi connectivity index (χ4n) is 1.81. The Labute approximate surface area is 138 Å². The van der Waals surface area contributed by atoms with Gasteiger partial charge in [-0.15, -0.1) is 0 Å². The van der Waals surface area contributed by atoms with Crippen molar-refractivity contribution in [2.45, 2.75) is 32.6 Å². The number of nitrogens with zero attached hydrogens (tertiary/aromatic N) is 1. The molecule has 0 aromatic heterocycles. The van der Waals surface area contributed by atoms with E-state index in [-0.39, 0.29) is 5.91 Å². The second-order valence-corrected chi connectivity index (χ2v) is 5.89. The van der Waals surface area contributed by atoms with E-state index >= 15 is 0 Å². The Kier molecular flexibility index (Phi) is 8.47. The Balaban J connectivity index is 2.31. The van der Waals surface area contributed by atoms with Crippen LogP contribution in [0.3, 0.4) is 0 Å². The Morgan fingerprint density at radius 3 is 2.45 bits per heavy atom. The number of rotatable bonds is 7. The number of hydrogen-bond acceptors (Lipinski definition) is 3. The predicted molar refractivity (Wildman–Crippen MR) is 95.7 cm³/mol. The molecule has 1 rings (SSSR count). The van der Waals surface area contributed by atoms with Crippen molar-refractivity contribution in [2.24, 2.45) is 0 Å². The van der Waals surface area contributed by atoms with E-state index in [0.717, 1.165) is 12.1 Å². The number of carbonyl (C=O) groups is 1. The second kappa shape index (κ2) is 10.1. The van der Waals surface area contributed by atoms with Crippen LogP contribution in [0.2, 0.25) is 0 Å². The number of aryl methyl sites for hydroxylation is 1. The Bertz CT molecular complexity index is 474. The molecule has 1 amide bonds. The van der Waals surface area contributed by atoms with E-state index in [2.05, 4.69) is 35.2 Å². The third kappa shape index (κ3) is 7.95. The molecule has 0 heterocycles. The normalized spacial score (nSPS) is 10.4. The molecule has 0 unspecified atom stereocenters. The van der Waals surface area contributed by atoms with Gasteiger partial charge in [0.2, 0.25) is 5.91 Å². The molecule has 6 heteroatoms. The van der Waals surface area contributed by atoms with Gasteiger partial charge in [0, 0.05) is 18.7 Å². The number of benzene rings is 1. The fourth-order valence-corrected chi connectivity index (χ4v) is 1.98. The van der Waals surface area contributed by atoms with Gasteiger partial charge in [-0.3, -0.25) is 15.6 Å². The van der Waals surface area contributed by atoms with Crippen LogP contribution < -0.4 is 16.2 Å². The fraction of sp³-hybridized carbons (Fsp3) is 0.500. The Morgan fingerprint density at radius 1 is 1.18 bits per heavy atom. The lowest BCUT2D eigenvalue weighted by atomic mass is 10.1. The quantitative estimate of drug-likeness (QED) is 0.531. The highest BCUT2D eigenvalue weighted by Gasteiger charge is 2.03. The van der Waals surface area contributed by atoms with Crippen molar-refractivity contribution in [3.63, 3.8) is 0 Å². The van der Waals surface area contributed by atoms with Gasteiger partial charge in [0.1, 0.15) is 0 Å². The summed E-state index contributed by atoms with van der Waals surface area (Å²) in [6.45, 7) is 2.89. The first kappa shape index (κ1) is 18.4. The van der Waals surface area contributed by atoms with Gasteiger partial charge in [0.25, 0.3) is 0 Å². The molecule has 0 aliphatic rings. The SMILES string of the molecule is CCCCc1ccc(NC(=S)NNC(=O)CCN(C)C)cc1. The van der Waals surface area contributed by atoms with Crippen LogP contribution in [0.15, 0.2) is 24.3 Å². The van der Waals surface area contributed by atoms with E-state index in [9.17, 15) is 4.79 Å². The highest BCUT2D eigenvalue weighted by Crippen LogP contribution is 2.11. The average Bonchev–Trinajstić information content (AvgIpc) is 2.50. The molecule has 0 saturated heterocycles. The molecule has 0 bridgehead atoms. The number of thiocarbonyl (C=S) groups is 1. The van der Waals surface area contributed by atoms with Crippen molar-refractivity contribution < 1.29 is 4.79 Å². The minimum Gasteiger partial charge on any atom is -0.331 e. The molecule has 122 valence electrons. The maximum Gasteiger partial charge on any atom is 0.239 e. The van der Waals surface area contributed by atoms with Gasteiger partial charge in [-0.05, 0) is 56.9 Å². The molecule has 0 aliphatic heterocycles. The standard InChI is InChI=1S/C16H26N4OS/c1-4-5-6-13-7-9-14(10-8-13)17-16(22)19-18-15(21)11-12-20(2)3/h7-10H,4-6,11-12H2,1-3H3,(H,18,21)(H2,17,19,22). The zero-order chi connectivity index (χ0) is 16.4. The van der Waals surface area contributed by atoms with Crippen LogP contribution in [-0.2, 0) is 11.2 Å². The van der Waals surface area contributed by atoms with E-state index in [1.807, 2.05) is 31.1 Å². The van der Waals surface area contributed by atoms with Crippen LogP contribution in [0.5, 0.6) is 0 Å². The average molecular weight is 322 g/mol. The molecular weight excluding hydrogens is 296 g/mol. The van der Waals surface area contributed by atoms with Crippen LogP contribution in [0, 0.1) is 0 Å². The Hall–Kier alpha value is -1.66. The first-order chi connectivity index (χ1) is 10.5. The number of nitrogens with one attached hydrogen (secondary N) is 3. The maximum atomic E-state index is 11.6. The lowest BCUT2D eigenvalue weighted by Crippen LogP contribution is -2.44. The van der Waals surface area contributed by atoms with Gasteiger partial charge in [-0.2, -0.15) is 0 Å². The highest BCUT2D eigenvalue weighted by atomic mass is 32.1. The van der Waals surface area contributed by atoms with E-state index in [4.69, 9.17) is 12.2 Å². The number of amides is 1. The molecule has 1 aromatic rings. The van der Waals surface area contributed by atoms with Gasteiger partial charge >= 0.3 is 0 Å². The van der Waals surface area contributed by atoms with E-state index in [1.54, 1.807) is 0 Å². The molecule has 0 saturated carbocycles. The highest BCUT2D eigenvalue weighted by molar-refractivity contribution is 7.80. The summed E-state index contributed by atoms with van der Waals surface area (Å²) < 4.78 is 0. The van der Waals surface area contributed by atoms with Crippen molar-refractivity contribution in [1.29, 1.82) is 0 Å². The van der Waals surface area contributed by atoms with Crippen molar-refractivity contribution in [1.82, 2.24) is 15.8 Å². The third-order valence-corrected chi connectivity index (χ3v) is 3.34. The zero-order valence-corrected chi connectivity index (χ0v) is 14.4. The monoisotopic (exact) mass is 322 g/mol. The lowest BCUT2D eigenvalue weighted by molar-refractivity contribution is -0.121. The minimum atomic E-state index is -0.0900. The first-order valence-corrected chi connectivity index (χ1v) is 8.01. The zero-order valence-electron chi connectivity index (χ0n) is 13.6. The topological polar surface area (TPSA) is 56.4 Å². The van der Waals surface area contributed by atoms with Gasteiger partial charge in [0.05, 0.1) is 0 Å². The maximum absolute atomic E-state index is 11.6. The first-order valence-electron chi connectivity index (χ1n) is 7.60. The van der Waals surface area contributed by atoms with Gasteiger partial charge in [-0.25, -0.2) is 0 Å². The van der Waals surface area contributed by atoms with Crippen LogP contribution in [0.25, 0.3) is 0 Å². The number of unbranched alkanes of at least 4 members (excludes halogenated alkanes) is 1. The molecule has 0 spiro atoms. The summed E-state index contributed by atoms with van der Waals surface area (Å²) in [4.78, 5) is 13.5. The van der Waals surface area contributed by atoms with Crippen LogP contribution in [0.4, 0.5) is 5.69 Å². The molecule has 0 atom stereocenters. The Morgan fingerprint density at radius 2 is 1.86 bits per heavy atom. The molecule has 1 aromatic carbocycles. The van der Waals surface area contributed by atoms with Crippen molar-refractivity contribution in [3.8, 4) is 0 Å². The molecule has 22 heavy (non-hydrogen) atoms. The van der Waals surface area contributed by atoms with Gasteiger partial charge in [-0.1, -0.05) is 25.5 Å². The van der Waals surface area contributed by atoms with Crippen LogP contribution in [0.1, 0.15) is 31.7 Å². The third-order valence-electron chi connectivity index (χ3n) is 3.13. The van der Waals surface area contributed by atoms with E-state index in [0.29, 0.717) is 18.1 Å². The smallest absolute Gasteiger partial charge is 0.239 e. The van der Waals surface area contributed by atoms with E-state index in [1.165, 1.54) is 18.4 Å². The van der Waals surface area contributed by atoms with Crippen LogP contribution >= 0.6 is 12.2 Å². The molecular formula is C16H26N4OS. The van der Waals surface area contributed by atoms with E-state index < -0.39 is 0 Å². The van der Waals surface area contributed by atoms with Gasteiger partial charge in [0.15, 0.2) is 5.11 Å². The largest absolute Gasteiger partial charge is 0.331 e. The van der Waals surface area contributed by atoms with Crippen molar-refractivity contribution in [3.05, 3.63) is 29.8 Å². The number of carbonyl (C=O) groups excluding carboxylic acids is 1. The molecule has 0 radical (unpaired) electrons. The van der Waals surface area contributed by atoms with Crippen LogP contribution in [-0.4, -0.2) is 36.6 Å². The molecule has 0 fully saturated rings. The summed E-state index contributed by atoms with van der Waals surface area (Å²) in [7, 11) is 3.86. The second-order valence-electron chi connectivity index (χ2n) is 5.48. The summed E-state index contributed by atoms with van der Waals surface area (Å²) in [5, 5.41) is 3.42. The molecule has 5 nitrogen and oxygen atoms in total.